The third kappa shape index (κ3) is 7.04. The molecule has 0 saturated heterocycles. The van der Waals surface area contributed by atoms with Crippen LogP contribution in [0.5, 0.6) is 0 Å². The number of hydrogen-bond acceptors (Lipinski definition) is 4. The number of fused-ring (bicyclic) bond motifs is 7. The molecule has 0 fully saturated rings. The zero-order valence-corrected chi connectivity index (χ0v) is 35.4. The first-order valence-electron chi connectivity index (χ1n) is 22.0. The van der Waals surface area contributed by atoms with Crippen molar-refractivity contribution in [2.75, 3.05) is 9.80 Å². The molecule has 4 heteroatoms. The summed E-state index contributed by atoms with van der Waals surface area (Å²) in [7, 11) is 0. The van der Waals surface area contributed by atoms with Crippen molar-refractivity contribution in [1.29, 1.82) is 0 Å². The maximum Gasteiger partial charge on any atom is 0.227 e. The minimum atomic E-state index is 0.608. The van der Waals surface area contributed by atoms with Gasteiger partial charge in [-0.05, 0) is 147 Å². The standard InChI is InChI=1S/C61H41N3O/c1-5-21-49(22-6-1)63(50-23-7-2-8-24-50)53-29-15-19-44(38-53)46-33-35-55-57(40-46)58-41-47(45-20-16-30-54(39-45)64(51-25-9-3-10-26-51)52-27-11-4-12-28-52)34-36-56(58)60-59(55)62-61(65-60)48-32-31-42-17-13-14-18-43(42)37-48/h1-41H. The van der Waals surface area contributed by atoms with Crippen molar-refractivity contribution in [3.63, 3.8) is 0 Å². The van der Waals surface area contributed by atoms with Crippen molar-refractivity contribution in [1.82, 2.24) is 4.98 Å². The average Bonchev–Trinajstić information content (AvgIpc) is 3.84. The fourth-order valence-corrected chi connectivity index (χ4v) is 9.28. The zero-order chi connectivity index (χ0) is 43.1. The van der Waals surface area contributed by atoms with E-state index in [0.717, 1.165) is 100.0 Å². The first-order valence-corrected chi connectivity index (χ1v) is 22.0. The Morgan fingerprint density at radius 3 is 1.22 bits per heavy atom. The van der Waals surface area contributed by atoms with Crippen LogP contribution in [0.25, 0.3) is 77.1 Å². The minimum Gasteiger partial charge on any atom is -0.435 e. The Balaban J connectivity index is 1.04. The summed E-state index contributed by atoms with van der Waals surface area (Å²) >= 11 is 0. The highest BCUT2D eigenvalue weighted by Crippen LogP contribution is 2.43. The normalized spacial score (nSPS) is 11.4. The van der Waals surface area contributed by atoms with Crippen LogP contribution in [0, 0.1) is 0 Å². The van der Waals surface area contributed by atoms with Gasteiger partial charge in [0, 0.05) is 50.5 Å². The van der Waals surface area contributed by atoms with E-state index in [2.05, 4.69) is 259 Å². The Kier molecular flexibility index (Phi) is 9.46. The maximum atomic E-state index is 6.84. The van der Waals surface area contributed by atoms with E-state index in [0.29, 0.717) is 5.89 Å². The van der Waals surface area contributed by atoms with Crippen LogP contribution in [0.2, 0.25) is 0 Å². The van der Waals surface area contributed by atoms with Crippen molar-refractivity contribution in [3.05, 3.63) is 249 Å². The number of benzene rings is 11. The molecular weight excluding hydrogens is 791 g/mol. The van der Waals surface area contributed by atoms with Gasteiger partial charge in [-0.2, -0.15) is 0 Å². The van der Waals surface area contributed by atoms with Gasteiger partial charge in [0.1, 0.15) is 5.52 Å². The monoisotopic (exact) mass is 831 g/mol. The van der Waals surface area contributed by atoms with Gasteiger partial charge in [-0.15, -0.1) is 0 Å². The van der Waals surface area contributed by atoms with Gasteiger partial charge < -0.3 is 14.2 Å². The molecule has 0 atom stereocenters. The Bertz CT molecular complexity index is 3380. The van der Waals surface area contributed by atoms with Crippen molar-refractivity contribution >= 4 is 77.5 Å². The third-order valence-electron chi connectivity index (χ3n) is 12.4. The lowest BCUT2D eigenvalue weighted by atomic mass is 9.93. The number of oxazole rings is 1. The molecule has 0 aliphatic rings. The van der Waals surface area contributed by atoms with Crippen LogP contribution in [0.1, 0.15) is 0 Å². The topological polar surface area (TPSA) is 32.5 Å². The molecule has 0 N–H and O–H groups in total. The van der Waals surface area contributed by atoms with Gasteiger partial charge in [0.15, 0.2) is 5.58 Å². The second-order valence-corrected chi connectivity index (χ2v) is 16.4. The van der Waals surface area contributed by atoms with E-state index in [1.165, 1.54) is 5.39 Å². The highest BCUT2D eigenvalue weighted by molar-refractivity contribution is 6.24. The van der Waals surface area contributed by atoms with Crippen LogP contribution >= 0.6 is 0 Å². The van der Waals surface area contributed by atoms with Gasteiger partial charge in [-0.25, -0.2) is 4.98 Å². The van der Waals surface area contributed by atoms with E-state index in [4.69, 9.17) is 9.40 Å². The Labute approximate surface area is 377 Å². The molecule has 0 aliphatic carbocycles. The molecule has 1 aromatic heterocycles. The molecule has 0 bridgehead atoms. The molecule has 0 saturated carbocycles. The fraction of sp³-hybridized carbons (Fsp3) is 0. The molecule has 0 unspecified atom stereocenters. The summed E-state index contributed by atoms with van der Waals surface area (Å²) in [5, 5.41) is 6.62. The number of para-hydroxylation sites is 4. The van der Waals surface area contributed by atoms with E-state index in [1.54, 1.807) is 0 Å². The molecule has 0 aliphatic heterocycles. The lowest BCUT2D eigenvalue weighted by Crippen LogP contribution is -2.09. The number of nitrogens with zero attached hydrogens (tertiary/aromatic N) is 3. The quantitative estimate of drug-likeness (QED) is 0.136. The summed E-state index contributed by atoms with van der Waals surface area (Å²) in [6.45, 7) is 0. The van der Waals surface area contributed by atoms with E-state index in [9.17, 15) is 0 Å². The van der Waals surface area contributed by atoms with Crippen molar-refractivity contribution in [2.24, 2.45) is 0 Å². The average molecular weight is 832 g/mol. The number of hydrogen-bond donors (Lipinski definition) is 0. The summed E-state index contributed by atoms with van der Waals surface area (Å²) in [5.74, 6) is 0.608. The second-order valence-electron chi connectivity index (χ2n) is 16.4. The van der Waals surface area contributed by atoms with Gasteiger partial charge in [-0.1, -0.05) is 146 Å². The lowest BCUT2D eigenvalue weighted by molar-refractivity contribution is 0.623. The maximum absolute atomic E-state index is 6.84. The highest BCUT2D eigenvalue weighted by atomic mass is 16.3. The van der Waals surface area contributed by atoms with Crippen LogP contribution in [0.3, 0.4) is 0 Å². The van der Waals surface area contributed by atoms with Crippen LogP contribution in [0.15, 0.2) is 253 Å². The predicted molar refractivity (Wildman–Crippen MR) is 272 cm³/mol. The molecule has 12 rings (SSSR count). The number of rotatable bonds is 9. The lowest BCUT2D eigenvalue weighted by Gasteiger charge is -2.26. The molecule has 65 heavy (non-hydrogen) atoms. The van der Waals surface area contributed by atoms with E-state index < -0.39 is 0 Å². The largest absolute Gasteiger partial charge is 0.435 e. The van der Waals surface area contributed by atoms with E-state index in [1.807, 2.05) is 0 Å². The van der Waals surface area contributed by atoms with Crippen molar-refractivity contribution < 1.29 is 4.42 Å². The highest BCUT2D eigenvalue weighted by Gasteiger charge is 2.20. The second kappa shape index (κ2) is 16.2. The van der Waals surface area contributed by atoms with E-state index >= 15 is 0 Å². The van der Waals surface area contributed by atoms with Gasteiger partial charge in [0.25, 0.3) is 0 Å². The molecule has 0 spiro atoms. The number of anilines is 6. The summed E-state index contributed by atoms with van der Waals surface area (Å²) in [5.41, 5.74) is 13.6. The molecule has 0 amide bonds. The Morgan fingerprint density at radius 2 is 0.692 bits per heavy atom. The molecule has 1 heterocycles. The van der Waals surface area contributed by atoms with Crippen LogP contribution in [-0.4, -0.2) is 4.98 Å². The summed E-state index contributed by atoms with van der Waals surface area (Å²) < 4.78 is 6.84. The smallest absolute Gasteiger partial charge is 0.227 e. The SMILES string of the molecule is c1ccc(N(c2ccccc2)c2cccc(-c3ccc4c(c3)c3cc(-c5cccc(N(c6ccccc6)c6ccccc6)c5)ccc3c3oc(-c5ccc6ccccc6c5)nc43)c2)cc1. The Morgan fingerprint density at radius 1 is 0.277 bits per heavy atom. The van der Waals surface area contributed by atoms with Crippen LogP contribution in [-0.2, 0) is 0 Å². The van der Waals surface area contributed by atoms with Crippen molar-refractivity contribution in [2.45, 2.75) is 0 Å². The predicted octanol–water partition coefficient (Wildman–Crippen LogP) is 17.2. The van der Waals surface area contributed by atoms with Gasteiger partial charge in [0.05, 0.1) is 0 Å². The minimum absolute atomic E-state index is 0.608. The molecule has 12 aromatic rings. The van der Waals surface area contributed by atoms with Crippen molar-refractivity contribution in [3.8, 4) is 33.7 Å². The van der Waals surface area contributed by atoms with Crippen LogP contribution in [0.4, 0.5) is 34.1 Å². The summed E-state index contributed by atoms with van der Waals surface area (Å²) in [6.07, 6.45) is 0. The molecular formula is C61H41N3O. The van der Waals surface area contributed by atoms with Gasteiger partial charge in [-0.3, -0.25) is 0 Å². The third-order valence-corrected chi connectivity index (χ3v) is 12.4. The zero-order valence-electron chi connectivity index (χ0n) is 35.4. The summed E-state index contributed by atoms with van der Waals surface area (Å²) in [4.78, 5) is 9.88. The van der Waals surface area contributed by atoms with Gasteiger partial charge in [0.2, 0.25) is 5.89 Å². The first kappa shape index (κ1) is 38.0. The molecule has 0 radical (unpaired) electrons. The van der Waals surface area contributed by atoms with E-state index in [-0.39, 0.29) is 0 Å². The summed E-state index contributed by atoms with van der Waals surface area (Å²) in [6, 6.07) is 88.3. The fourth-order valence-electron chi connectivity index (χ4n) is 9.28. The molecule has 11 aromatic carbocycles. The number of aromatic nitrogens is 1. The van der Waals surface area contributed by atoms with Gasteiger partial charge >= 0.3 is 0 Å². The molecule has 306 valence electrons. The first-order chi connectivity index (χ1) is 32.2. The Hall–Kier alpha value is -8.73. The van der Waals surface area contributed by atoms with Crippen LogP contribution < -0.4 is 9.80 Å². The molecule has 4 nitrogen and oxygen atoms in total.